The van der Waals surface area contributed by atoms with E-state index in [0.29, 0.717) is 6.42 Å². The zero-order valence-corrected chi connectivity index (χ0v) is 18.2. The predicted octanol–water partition coefficient (Wildman–Crippen LogP) is 5.16. The van der Waals surface area contributed by atoms with Gasteiger partial charge >= 0.3 is 5.97 Å². The van der Waals surface area contributed by atoms with E-state index >= 15 is 0 Å². The molecule has 3 N–H and O–H groups in total. The van der Waals surface area contributed by atoms with E-state index in [9.17, 15) is 4.79 Å². The van der Waals surface area contributed by atoms with E-state index in [4.69, 9.17) is 15.3 Å². The van der Waals surface area contributed by atoms with Crippen molar-refractivity contribution < 1.29 is 41.8 Å². The Kier molecular flexibility index (Phi) is 31.4. The molecule has 0 heterocycles. The van der Waals surface area contributed by atoms with E-state index in [1.165, 1.54) is 70.6 Å². The van der Waals surface area contributed by atoms with Crippen LogP contribution in [0, 0.1) is 5.92 Å². The van der Waals surface area contributed by atoms with Gasteiger partial charge in [-0.05, 0) is 12.3 Å². The molecule has 0 aromatic heterocycles. The Bertz CT molecular complexity index is 246. The van der Waals surface area contributed by atoms with Crippen LogP contribution in [-0.2, 0) is 26.5 Å². The number of carboxylic acid groups (broad SMARTS) is 1. The van der Waals surface area contributed by atoms with Crippen molar-refractivity contribution in [2.24, 2.45) is 5.92 Å². The van der Waals surface area contributed by atoms with Crippen LogP contribution < -0.4 is 0 Å². The number of aliphatic hydroxyl groups excluding tert-OH is 2. The molecule has 0 saturated heterocycles. The molecule has 0 unspecified atom stereocenters. The van der Waals surface area contributed by atoms with Gasteiger partial charge in [-0.25, -0.2) is 0 Å². The maximum Gasteiger partial charge on any atom is 0.303 e. The third kappa shape index (κ3) is 35.9. The molecule has 0 aliphatic rings. The van der Waals surface area contributed by atoms with Crippen LogP contribution in [-0.4, -0.2) is 34.5 Å². The van der Waals surface area contributed by atoms with Crippen LogP contribution in [0.1, 0.15) is 104 Å². The summed E-state index contributed by atoms with van der Waals surface area (Å²) in [4.78, 5) is 10.3. The molecule has 0 fully saturated rings. The number of carbonyl (C=O) groups is 1. The largest absolute Gasteiger partial charge is 0.481 e. The molecule has 0 bridgehead atoms. The summed E-state index contributed by atoms with van der Waals surface area (Å²) in [7, 11) is 0. The summed E-state index contributed by atoms with van der Waals surface area (Å²) in [6.07, 6.45) is 17.3. The molecule has 0 rings (SSSR count). The monoisotopic (exact) mass is 394 g/mol. The van der Waals surface area contributed by atoms with Gasteiger partial charge in [0.05, 0.1) is 13.2 Å². The normalized spacial score (nSPS) is 10.1. The summed E-state index contributed by atoms with van der Waals surface area (Å²) >= 11 is 0. The van der Waals surface area contributed by atoms with Gasteiger partial charge in [0.1, 0.15) is 0 Å². The smallest absolute Gasteiger partial charge is 0.303 e. The predicted molar refractivity (Wildman–Crippen MR) is 101 cm³/mol. The first-order chi connectivity index (χ1) is 11.5. The number of carboxylic acids is 1. The molecule has 0 spiro atoms. The molecule has 0 aromatic rings. The quantitative estimate of drug-likeness (QED) is 0.250. The molecule has 0 saturated carbocycles. The van der Waals surface area contributed by atoms with Gasteiger partial charge < -0.3 is 15.3 Å². The molecule has 25 heavy (non-hydrogen) atoms. The standard InChI is InChI=1S/C18H36O2.C2H6O2.Ti/c1-17(2)15-13-11-9-7-5-3-4-6-8-10-12-14-16-18(19)20;3-1-2-4;/h17H,3-16H2,1-2H3,(H,19,20);3-4H,1-2H2;. The molecular weight excluding hydrogens is 352 g/mol. The second kappa shape index (κ2) is 26.3. The second-order valence-electron chi connectivity index (χ2n) is 7.02. The van der Waals surface area contributed by atoms with Gasteiger partial charge in [0.25, 0.3) is 0 Å². The Hall–Kier alpha value is 0.104. The minimum absolute atomic E-state index is 0. The van der Waals surface area contributed by atoms with E-state index in [0.717, 1.165) is 18.8 Å². The summed E-state index contributed by atoms with van der Waals surface area (Å²) in [6.45, 7) is 4.36. The summed E-state index contributed by atoms with van der Waals surface area (Å²) in [5.41, 5.74) is 0. The van der Waals surface area contributed by atoms with Crippen LogP contribution >= 0.6 is 0 Å². The van der Waals surface area contributed by atoms with Crippen molar-refractivity contribution in [3.05, 3.63) is 0 Å². The Morgan fingerprint density at radius 3 is 1.28 bits per heavy atom. The van der Waals surface area contributed by atoms with Crippen molar-refractivity contribution >= 4 is 5.97 Å². The van der Waals surface area contributed by atoms with Gasteiger partial charge in [-0.2, -0.15) is 0 Å². The average Bonchev–Trinajstić information content (AvgIpc) is 2.54. The van der Waals surface area contributed by atoms with Crippen LogP contribution in [0.5, 0.6) is 0 Å². The summed E-state index contributed by atoms with van der Waals surface area (Å²) in [6, 6.07) is 0. The summed E-state index contributed by atoms with van der Waals surface area (Å²) < 4.78 is 0. The third-order valence-corrected chi connectivity index (χ3v) is 4.02. The summed E-state index contributed by atoms with van der Waals surface area (Å²) in [5.74, 6) is 0.212. The first kappa shape index (κ1) is 29.9. The van der Waals surface area contributed by atoms with Crippen molar-refractivity contribution in [1.82, 2.24) is 0 Å². The van der Waals surface area contributed by atoms with Crippen LogP contribution in [0.4, 0.5) is 0 Å². The minimum atomic E-state index is -0.654. The van der Waals surface area contributed by atoms with Gasteiger partial charge in [-0.15, -0.1) is 0 Å². The molecule has 4 nitrogen and oxygen atoms in total. The number of rotatable bonds is 16. The number of hydrogen-bond donors (Lipinski definition) is 3. The molecule has 0 amide bonds. The maximum atomic E-state index is 10.3. The van der Waals surface area contributed by atoms with E-state index in [-0.39, 0.29) is 34.9 Å². The van der Waals surface area contributed by atoms with Crippen LogP contribution in [0.25, 0.3) is 0 Å². The molecule has 0 aromatic carbocycles. The zero-order chi connectivity index (χ0) is 18.5. The molecule has 0 radical (unpaired) electrons. The fraction of sp³-hybridized carbons (Fsp3) is 0.950. The van der Waals surface area contributed by atoms with Gasteiger partial charge in [0.15, 0.2) is 0 Å². The molecule has 0 atom stereocenters. The molecular formula is C20H42O4Ti. The molecule has 5 heteroatoms. The van der Waals surface area contributed by atoms with Crippen molar-refractivity contribution in [2.45, 2.75) is 104 Å². The topological polar surface area (TPSA) is 77.8 Å². The Balaban J connectivity index is -0.000000867. The van der Waals surface area contributed by atoms with Gasteiger partial charge in [0, 0.05) is 28.1 Å². The SMILES string of the molecule is CC(C)CCCCCCCCCCCCCCC(=O)O.OCCO.[Ti]. The Labute approximate surface area is 170 Å². The first-order valence-electron chi connectivity index (χ1n) is 9.98. The van der Waals surface area contributed by atoms with E-state index < -0.39 is 5.97 Å². The molecule has 0 aliphatic carbocycles. The van der Waals surface area contributed by atoms with Gasteiger partial charge in [0.2, 0.25) is 0 Å². The van der Waals surface area contributed by atoms with Crippen molar-refractivity contribution in [2.75, 3.05) is 13.2 Å². The van der Waals surface area contributed by atoms with E-state index in [1.807, 2.05) is 0 Å². The van der Waals surface area contributed by atoms with Crippen molar-refractivity contribution in [3.8, 4) is 0 Å². The van der Waals surface area contributed by atoms with Crippen molar-refractivity contribution in [3.63, 3.8) is 0 Å². The fourth-order valence-corrected chi connectivity index (χ4v) is 2.60. The molecule has 150 valence electrons. The number of aliphatic carboxylic acids is 1. The number of unbranched alkanes of at least 4 members (excludes halogenated alkanes) is 11. The van der Waals surface area contributed by atoms with E-state index in [2.05, 4.69) is 13.8 Å². The van der Waals surface area contributed by atoms with Gasteiger partial charge in [-0.1, -0.05) is 90.9 Å². The molecule has 0 aliphatic heterocycles. The van der Waals surface area contributed by atoms with Crippen LogP contribution in [0.2, 0.25) is 0 Å². The minimum Gasteiger partial charge on any atom is -0.481 e. The van der Waals surface area contributed by atoms with Gasteiger partial charge in [-0.3, -0.25) is 4.79 Å². The van der Waals surface area contributed by atoms with Crippen LogP contribution in [0.15, 0.2) is 0 Å². The zero-order valence-electron chi connectivity index (χ0n) is 16.6. The third-order valence-electron chi connectivity index (χ3n) is 4.02. The number of aliphatic hydroxyl groups is 2. The Morgan fingerprint density at radius 2 is 1.00 bits per heavy atom. The maximum absolute atomic E-state index is 10.3. The first-order valence-corrected chi connectivity index (χ1v) is 9.98. The average molecular weight is 394 g/mol. The summed E-state index contributed by atoms with van der Waals surface area (Å²) in [5, 5.41) is 23.8. The second-order valence-corrected chi connectivity index (χ2v) is 7.02. The Morgan fingerprint density at radius 1 is 0.680 bits per heavy atom. The fourth-order valence-electron chi connectivity index (χ4n) is 2.60. The van der Waals surface area contributed by atoms with E-state index in [1.54, 1.807) is 0 Å². The van der Waals surface area contributed by atoms with Crippen LogP contribution in [0.3, 0.4) is 0 Å². The number of hydrogen-bond acceptors (Lipinski definition) is 3. The van der Waals surface area contributed by atoms with Crippen molar-refractivity contribution in [1.29, 1.82) is 0 Å².